The lowest BCUT2D eigenvalue weighted by molar-refractivity contribution is -0.143. The van der Waals surface area contributed by atoms with Gasteiger partial charge in [0.15, 0.2) is 0 Å². The molecular weight excluding hydrogens is 200 g/mol. The molecule has 1 rings (SSSR count). The lowest BCUT2D eigenvalue weighted by atomic mass is 9.99. The second-order valence-corrected chi connectivity index (χ2v) is 3.44. The highest BCUT2D eigenvalue weighted by Crippen LogP contribution is 2.11. The normalized spacial score (nSPS) is 12.3. The van der Waals surface area contributed by atoms with Crippen molar-refractivity contribution < 1.29 is 9.53 Å². The van der Waals surface area contributed by atoms with E-state index in [1.807, 2.05) is 36.4 Å². The van der Waals surface area contributed by atoms with Crippen molar-refractivity contribution >= 4 is 5.97 Å². The second-order valence-electron chi connectivity index (χ2n) is 3.44. The third kappa shape index (κ3) is 3.73. The number of rotatable bonds is 5. The Balaban J connectivity index is 2.74. The SMILES string of the molecule is C=C/C=C/C(Cc1ccccc1)C(=O)OC. The zero-order valence-electron chi connectivity index (χ0n) is 9.43. The molecule has 0 aliphatic heterocycles. The largest absolute Gasteiger partial charge is 0.469 e. The Labute approximate surface area is 96.2 Å². The van der Waals surface area contributed by atoms with Crippen LogP contribution in [0, 0.1) is 5.92 Å². The summed E-state index contributed by atoms with van der Waals surface area (Å²) < 4.78 is 4.76. The van der Waals surface area contributed by atoms with Crippen LogP contribution in [0.1, 0.15) is 5.56 Å². The van der Waals surface area contributed by atoms with Crippen molar-refractivity contribution in [1.82, 2.24) is 0 Å². The molecule has 0 saturated carbocycles. The van der Waals surface area contributed by atoms with Gasteiger partial charge in [-0.05, 0) is 12.0 Å². The van der Waals surface area contributed by atoms with Crippen LogP contribution in [-0.4, -0.2) is 13.1 Å². The Hall–Kier alpha value is -1.83. The van der Waals surface area contributed by atoms with Crippen molar-refractivity contribution in [2.24, 2.45) is 5.92 Å². The van der Waals surface area contributed by atoms with Crippen LogP contribution in [-0.2, 0) is 16.0 Å². The summed E-state index contributed by atoms with van der Waals surface area (Å²) in [4.78, 5) is 11.5. The van der Waals surface area contributed by atoms with Crippen LogP contribution in [0.5, 0.6) is 0 Å². The smallest absolute Gasteiger partial charge is 0.312 e. The van der Waals surface area contributed by atoms with Crippen LogP contribution in [0.15, 0.2) is 55.1 Å². The molecule has 0 heterocycles. The summed E-state index contributed by atoms with van der Waals surface area (Å²) in [5.74, 6) is -0.465. The number of hydrogen-bond donors (Lipinski definition) is 0. The van der Waals surface area contributed by atoms with Crippen LogP contribution >= 0.6 is 0 Å². The number of methoxy groups -OCH3 is 1. The number of carbonyl (C=O) groups excluding carboxylic acids is 1. The first-order valence-corrected chi connectivity index (χ1v) is 5.19. The number of allylic oxidation sites excluding steroid dienone is 2. The minimum absolute atomic E-state index is 0.220. The zero-order valence-corrected chi connectivity index (χ0v) is 9.43. The van der Waals surface area contributed by atoms with Gasteiger partial charge in [0.2, 0.25) is 0 Å². The molecule has 1 unspecified atom stereocenters. The van der Waals surface area contributed by atoms with E-state index in [0.29, 0.717) is 6.42 Å². The van der Waals surface area contributed by atoms with Crippen molar-refractivity contribution in [3.8, 4) is 0 Å². The monoisotopic (exact) mass is 216 g/mol. The van der Waals surface area contributed by atoms with E-state index in [9.17, 15) is 4.79 Å². The molecule has 0 aliphatic carbocycles. The Morgan fingerprint density at radius 3 is 2.69 bits per heavy atom. The average molecular weight is 216 g/mol. The molecule has 0 fully saturated rings. The Kier molecular flexibility index (Phi) is 5.06. The van der Waals surface area contributed by atoms with Gasteiger partial charge in [-0.2, -0.15) is 0 Å². The molecule has 0 amide bonds. The molecule has 0 spiro atoms. The fraction of sp³-hybridized carbons (Fsp3) is 0.214. The number of ether oxygens (including phenoxy) is 1. The van der Waals surface area contributed by atoms with E-state index in [2.05, 4.69) is 6.58 Å². The van der Waals surface area contributed by atoms with E-state index in [1.54, 1.807) is 12.2 Å². The molecule has 0 radical (unpaired) electrons. The summed E-state index contributed by atoms with van der Waals surface area (Å²) in [5.41, 5.74) is 1.12. The first kappa shape index (κ1) is 12.2. The molecule has 1 aromatic carbocycles. The highest BCUT2D eigenvalue weighted by atomic mass is 16.5. The van der Waals surface area contributed by atoms with E-state index in [4.69, 9.17) is 4.74 Å². The Morgan fingerprint density at radius 2 is 2.12 bits per heavy atom. The maximum atomic E-state index is 11.5. The van der Waals surface area contributed by atoms with Crippen LogP contribution in [0.3, 0.4) is 0 Å². The van der Waals surface area contributed by atoms with Crippen molar-refractivity contribution in [2.75, 3.05) is 7.11 Å². The molecule has 1 atom stereocenters. The molecule has 2 heteroatoms. The molecule has 0 N–H and O–H groups in total. The Bertz CT molecular complexity index is 366. The highest BCUT2D eigenvalue weighted by Gasteiger charge is 2.15. The van der Waals surface area contributed by atoms with Crippen molar-refractivity contribution in [1.29, 1.82) is 0 Å². The van der Waals surface area contributed by atoms with Gasteiger partial charge in [0, 0.05) is 0 Å². The van der Waals surface area contributed by atoms with Crippen molar-refractivity contribution in [2.45, 2.75) is 6.42 Å². The lowest BCUT2D eigenvalue weighted by Crippen LogP contribution is -2.16. The predicted octanol–water partition coefficient (Wildman–Crippen LogP) is 2.76. The van der Waals surface area contributed by atoms with E-state index < -0.39 is 0 Å². The fourth-order valence-corrected chi connectivity index (χ4v) is 1.46. The topological polar surface area (TPSA) is 26.3 Å². The number of hydrogen-bond acceptors (Lipinski definition) is 2. The number of esters is 1. The lowest BCUT2D eigenvalue weighted by Gasteiger charge is -2.10. The van der Waals surface area contributed by atoms with E-state index >= 15 is 0 Å². The molecule has 16 heavy (non-hydrogen) atoms. The second kappa shape index (κ2) is 6.62. The summed E-state index contributed by atoms with van der Waals surface area (Å²) in [7, 11) is 1.40. The van der Waals surface area contributed by atoms with Gasteiger partial charge in [0.25, 0.3) is 0 Å². The third-order valence-corrected chi connectivity index (χ3v) is 2.28. The first-order chi connectivity index (χ1) is 7.77. The average Bonchev–Trinajstić information content (AvgIpc) is 2.34. The molecular formula is C14H16O2. The summed E-state index contributed by atoms with van der Waals surface area (Å²) in [6.45, 7) is 3.59. The molecule has 2 nitrogen and oxygen atoms in total. The number of benzene rings is 1. The first-order valence-electron chi connectivity index (χ1n) is 5.19. The molecule has 0 aromatic heterocycles. The maximum absolute atomic E-state index is 11.5. The number of carbonyl (C=O) groups is 1. The summed E-state index contributed by atoms with van der Waals surface area (Å²) in [6, 6.07) is 9.87. The molecule has 0 aliphatic rings. The molecule has 84 valence electrons. The van der Waals surface area contributed by atoms with Crippen LogP contribution in [0.25, 0.3) is 0 Å². The van der Waals surface area contributed by atoms with E-state index in [0.717, 1.165) is 5.56 Å². The Morgan fingerprint density at radius 1 is 1.44 bits per heavy atom. The van der Waals surface area contributed by atoms with Crippen molar-refractivity contribution in [3.05, 3.63) is 60.7 Å². The summed E-state index contributed by atoms with van der Waals surface area (Å²) in [6.07, 6.45) is 5.88. The quantitative estimate of drug-likeness (QED) is 0.559. The van der Waals surface area contributed by atoms with Crippen LogP contribution in [0.4, 0.5) is 0 Å². The van der Waals surface area contributed by atoms with Crippen LogP contribution in [0.2, 0.25) is 0 Å². The van der Waals surface area contributed by atoms with Crippen molar-refractivity contribution in [3.63, 3.8) is 0 Å². The maximum Gasteiger partial charge on any atom is 0.312 e. The molecule has 0 bridgehead atoms. The minimum atomic E-state index is -0.245. The highest BCUT2D eigenvalue weighted by molar-refractivity contribution is 5.74. The molecule has 1 aromatic rings. The zero-order chi connectivity index (χ0) is 11.8. The van der Waals surface area contributed by atoms with Gasteiger partial charge in [0.05, 0.1) is 13.0 Å². The van der Waals surface area contributed by atoms with E-state index in [-0.39, 0.29) is 11.9 Å². The van der Waals surface area contributed by atoms with Gasteiger partial charge >= 0.3 is 5.97 Å². The predicted molar refractivity (Wildman–Crippen MR) is 65.0 cm³/mol. The van der Waals surface area contributed by atoms with Gasteiger partial charge in [-0.25, -0.2) is 0 Å². The van der Waals surface area contributed by atoms with Gasteiger partial charge in [-0.15, -0.1) is 0 Å². The molecule has 0 saturated heterocycles. The van der Waals surface area contributed by atoms with Crippen LogP contribution < -0.4 is 0 Å². The van der Waals surface area contributed by atoms with Gasteiger partial charge in [0.1, 0.15) is 0 Å². The summed E-state index contributed by atoms with van der Waals surface area (Å²) in [5, 5.41) is 0. The standard InChI is InChI=1S/C14H16O2/c1-3-4-10-13(14(15)16-2)11-12-8-6-5-7-9-12/h3-10,13H,1,11H2,2H3/b10-4+. The summed E-state index contributed by atoms with van der Waals surface area (Å²) >= 11 is 0. The third-order valence-electron chi connectivity index (χ3n) is 2.28. The fourth-order valence-electron chi connectivity index (χ4n) is 1.46. The van der Waals surface area contributed by atoms with Gasteiger partial charge in [-0.1, -0.05) is 55.1 Å². The van der Waals surface area contributed by atoms with E-state index in [1.165, 1.54) is 7.11 Å². The van der Waals surface area contributed by atoms with Gasteiger partial charge in [-0.3, -0.25) is 4.79 Å². The minimum Gasteiger partial charge on any atom is -0.469 e. The van der Waals surface area contributed by atoms with Gasteiger partial charge < -0.3 is 4.74 Å².